The van der Waals surface area contributed by atoms with E-state index < -0.39 is 22.0 Å². The van der Waals surface area contributed by atoms with Crippen LogP contribution in [0.4, 0.5) is 0 Å². The molecule has 0 fully saturated rings. The maximum Gasteiger partial charge on any atom is 0.337 e. The Morgan fingerprint density at radius 2 is 2.16 bits per heavy atom. The van der Waals surface area contributed by atoms with Crippen LogP contribution in [-0.4, -0.2) is 39.3 Å². The summed E-state index contributed by atoms with van der Waals surface area (Å²) in [4.78, 5) is 11.1. The van der Waals surface area contributed by atoms with Crippen LogP contribution in [0.5, 0.6) is 0 Å². The predicted octanol–water partition coefficient (Wildman–Crippen LogP) is 0.786. The number of esters is 1. The summed E-state index contributed by atoms with van der Waals surface area (Å²) >= 11 is 5.82. The lowest BCUT2D eigenvalue weighted by Gasteiger charge is -2.13. The first-order chi connectivity index (χ1) is 8.81. The smallest absolute Gasteiger partial charge is 0.337 e. The van der Waals surface area contributed by atoms with Gasteiger partial charge < -0.3 is 9.84 Å². The quantitative estimate of drug-likeness (QED) is 0.784. The van der Waals surface area contributed by atoms with E-state index in [1.807, 2.05) is 0 Å². The molecule has 19 heavy (non-hydrogen) atoms. The lowest BCUT2D eigenvalue weighted by atomic mass is 10.2. The van der Waals surface area contributed by atoms with Crippen molar-refractivity contribution in [1.82, 2.24) is 4.72 Å². The average molecular weight is 308 g/mol. The summed E-state index contributed by atoms with van der Waals surface area (Å²) in [7, 11) is -2.72. The normalized spacial score (nSPS) is 13.1. The molecule has 8 heteroatoms. The zero-order valence-corrected chi connectivity index (χ0v) is 12.0. The Labute approximate surface area is 116 Å². The maximum atomic E-state index is 12.0. The van der Waals surface area contributed by atoms with Crippen molar-refractivity contribution >= 4 is 27.6 Å². The Kier molecular flexibility index (Phi) is 5.30. The van der Waals surface area contributed by atoms with Crippen LogP contribution >= 0.6 is 11.6 Å². The lowest BCUT2D eigenvalue weighted by Crippen LogP contribution is -2.35. The fourth-order valence-electron chi connectivity index (χ4n) is 1.32. The summed E-state index contributed by atoms with van der Waals surface area (Å²) in [5.41, 5.74) is 0.0731. The Balaban J connectivity index is 3.22. The number of methoxy groups -OCH3 is 1. The number of carbonyl (C=O) groups excluding carboxylic acids is 1. The molecule has 0 saturated heterocycles. The number of nitrogens with one attached hydrogen (secondary N) is 1. The third-order valence-corrected chi connectivity index (χ3v) is 4.34. The second-order valence-corrected chi connectivity index (χ2v) is 5.93. The molecule has 0 bridgehead atoms. The minimum absolute atomic E-state index is 0.0229. The number of hydrogen-bond donors (Lipinski definition) is 2. The molecule has 1 aromatic rings. The lowest BCUT2D eigenvalue weighted by molar-refractivity contribution is 0.0600. The van der Waals surface area contributed by atoms with Crippen LogP contribution in [0.3, 0.4) is 0 Å². The van der Waals surface area contributed by atoms with Crippen molar-refractivity contribution in [3.05, 3.63) is 28.8 Å². The van der Waals surface area contributed by atoms with Gasteiger partial charge in [-0.2, -0.15) is 0 Å². The van der Waals surface area contributed by atoms with E-state index in [4.69, 9.17) is 16.7 Å². The molecule has 1 aromatic carbocycles. The van der Waals surface area contributed by atoms with Gasteiger partial charge in [0.1, 0.15) is 4.90 Å². The van der Waals surface area contributed by atoms with E-state index in [1.54, 1.807) is 0 Å². The third-order valence-electron chi connectivity index (χ3n) is 2.27. The molecule has 1 rings (SSSR count). The van der Waals surface area contributed by atoms with Gasteiger partial charge in [0.25, 0.3) is 0 Å². The van der Waals surface area contributed by atoms with Gasteiger partial charge in [-0.1, -0.05) is 11.6 Å². The number of aliphatic hydroxyl groups excluding tert-OH is 1. The van der Waals surface area contributed by atoms with Crippen molar-refractivity contribution in [2.24, 2.45) is 0 Å². The van der Waals surface area contributed by atoms with E-state index in [1.165, 1.54) is 26.2 Å². The first-order valence-corrected chi connectivity index (χ1v) is 7.19. The first kappa shape index (κ1) is 15.9. The molecule has 0 aliphatic heterocycles. The van der Waals surface area contributed by atoms with Gasteiger partial charge in [0.15, 0.2) is 0 Å². The van der Waals surface area contributed by atoms with Gasteiger partial charge in [0, 0.05) is 6.04 Å². The molecular formula is C11H14ClNO5S. The van der Waals surface area contributed by atoms with Crippen molar-refractivity contribution in [3.63, 3.8) is 0 Å². The van der Waals surface area contributed by atoms with E-state index in [2.05, 4.69) is 9.46 Å². The van der Waals surface area contributed by atoms with Gasteiger partial charge in [0.05, 0.1) is 24.3 Å². The molecule has 0 spiro atoms. The minimum atomic E-state index is -3.92. The Bertz CT molecular complexity index is 572. The predicted molar refractivity (Wildman–Crippen MR) is 69.7 cm³/mol. The minimum Gasteiger partial charge on any atom is -0.465 e. The SMILES string of the molecule is COC(=O)c1ccc(Cl)c(S(=O)(=O)N[C@@H](C)CO)c1. The number of rotatable bonds is 5. The third kappa shape index (κ3) is 3.90. The topological polar surface area (TPSA) is 92.7 Å². The number of benzene rings is 1. The van der Waals surface area contributed by atoms with Crippen LogP contribution in [0.15, 0.2) is 23.1 Å². The zero-order chi connectivity index (χ0) is 14.6. The number of hydrogen-bond acceptors (Lipinski definition) is 5. The fourth-order valence-corrected chi connectivity index (χ4v) is 3.08. The molecule has 106 valence electrons. The number of sulfonamides is 1. The highest BCUT2D eigenvalue weighted by Crippen LogP contribution is 2.23. The van der Waals surface area contributed by atoms with Crippen molar-refractivity contribution in [2.75, 3.05) is 13.7 Å². The van der Waals surface area contributed by atoms with Crippen LogP contribution in [0.25, 0.3) is 0 Å². The first-order valence-electron chi connectivity index (χ1n) is 5.33. The summed E-state index contributed by atoms with van der Waals surface area (Å²) in [5.74, 6) is -0.664. The molecule has 6 nitrogen and oxygen atoms in total. The van der Waals surface area contributed by atoms with Gasteiger partial charge >= 0.3 is 5.97 Å². The van der Waals surface area contributed by atoms with Gasteiger partial charge in [-0.3, -0.25) is 0 Å². The molecule has 0 unspecified atom stereocenters. The van der Waals surface area contributed by atoms with E-state index in [-0.39, 0.29) is 22.1 Å². The highest BCUT2D eigenvalue weighted by atomic mass is 35.5. The van der Waals surface area contributed by atoms with Gasteiger partial charge in [-0.25, -0.2) is 17.9 Å². The number of ether oxygens (including phenoxy) is 1. The van der Waals surface area contributed by atoms with Crippen LogP contribution in [-0.2, 0) is 14.8 Å². The Hall–Kier alpha value is -1.15. The fraction of sp³-hybridized carbons (Fsp3) is 0.364. The zero-order valence-electron chi connectivity index (χ0n) is 10.4. The van der Waals surface area contributed by atoms with Gasteiger partial charge in [-0.15, -0.1) is 0 Å². The Morgan fingerprint density at radius 3 is 2.68 bits per heavy atom. The summed E-state index contributed by atoms with van der Waals surface area (Å²) in [6.07, 6.45) is 0. The molecule has 0 heterocycles. The van der Waals surface area contributed by atoms with Crippen LogP contribution in [0.2, 0.25) is 5.02 Å². The molecule has 0 saturated carbocycles. The monoisotopic (exact) mass is 307 g/mol. The molecular weight excluding hydrogens is 294 g/mol. The molecule has 1 atom stereocenters. The average Bonchev–Trinajstić information content (AvgIpc) is 2.37. The summed E-state index contributed by atoms with van der Waals surface area (Å²) in [6.45, 7) is 1.14. The van der Waals surface area contributed by atoms with Crippen molar-refractivity contribution in [3.8, 4) is 0 Å². The van der Waals surface area contributed by atoms with Gasteiger partial charge in [-0.05, 0) is 25.1 Å². The van der Waals surface area contributed by atoms with Crippen LogP contribution in [0.1, 0.15) is 17.3 Å². The van der Waals surface area contributed by atoms with E-state index in [0.717, 1.165) is 6.07 Å². The van der Waals surface area contributed by atoms with Crippen LogP contribution in [0, 0.1) is 0 Å². The van der Waals surface area contributed by atoms with Crippen LogP contribution < -0.4 is 4.72 Å². The summed E-state index contributed by atoms with van der Waals surface area (Å²) in [6, 6.07) is 3.12. The second-order valence-electron chi connectivity index (χ2n) is 3.84. The Morgan fingerprint density at radius 1 is 1.53 bits per heavy atom. The summed E-state index contributed by atoms with van der Waals surface area (Å²) in [5, 5.41) is 8.84. The molecule has 0 aliphatic rings. The highest BCUT2D eigenvalue weighted by Gasteiger charge is 2.22. The maximum absolute atomic E-state index is 12.0. The largest absolute Gasteiger partial charge is 0.465 e. The second kappa shape index (κ2) is 6.33. The number of halogens is 1. The highest BCUT2D eigenvalue weighted by molar-refractivity contribution is 7.89. The van der Waals surface area contributed by atoms with E-state index >= 15 is 0 Å². The molecule has 0 amide bonds. The number of carbonyl (C=O) groups is 1. The summed E-state index contributed by atoms with van der Waals surface area (Å²) < 4.78 is 30.8. The van der Waals surface area contributed by atoms with Crippen molar-refractivity contribution < 1.29 is 23.1 Å². The number of aliphatic hydroxyl groups is 1. The molecule has 0 aliphatic carbocycles. The molecule has 0 radical (unpaired) electrons. The van der Waals surface area contributed by atoms with Gasteiger partial charge in [0.2, 0.25) is 10.0 Å². The van der Waals surface area contributed by atoms with Crippen molar-refractivity contribution in [2.45, 2.75) is 17.9 Å². The molecule has 0 aromatic heterocycles. The van der Waals surface area contributed by atoms with E-state index in [9.17, 15) is 13.2 Å². The van der Waals surface area contributed by atoms with E-state index in [0.29, 0.717) is 0 Å². The standard InChI is InChI=1S/C11H14ClNO5S/c1-7(6-14)13-19(16,17)10-5-8(11(15)18-2)3-4-9(10)12/h3-5,7,13-14H,6H2,1-2H3/t7-/m0/s1. The van der Waals surface area contributed by atoms with Crippen molar-refractivity contribution in [1.29, 1.82) is 0 Å². The molecule has 2 N–H and O–H groups in total.